The fourth-order valence-corrected chi connectivity index (χ4v) is 3.71. The molecule has 4 aromatic rings. The van der Waals surface area contributed by atoms with Crippen LogP contribution in [0.15, 0.2) is 54.6 Å². The summed E-state index contributed by atoms with van der Waals surface area (Å²) in [6, 6.07) is 17.3. The maximum absolute atomic E-state index is 11.2. The number of anilines is 1. The molecule has 0 bridgehead atoms. The lowest BCUT2D eigenvalue weighted by molar-refractivity contribution is -0.138. The number of benzene rings is 4. The second kappa shape index (κ2) is 6.09. The predicted molar refractivity (Wildman–Crippen MR) is 110 cm³/mol. The number of carbonyl (C=O) groups is 1. The van der Waals surface area contributed by atoms with E-state index >= 15 is 0 Å². The van der Waals surface area contributed by atoms with Crippen LogP contribution in [0.4, 0.5) is 5.69 Å². The van der Waals surface area contributed by atoms with Crippen molar-refractivity contribution in [3.8, 4) is 0 Å². The molecule has 4 aromatic carbocycles. The average Bonchev–Trinajstić information content (AvgIpc) is 2.63. The molecule has 4 rings (SSSR count). The number of nitrogens with two attached hydrogens (primary N) is 2. The number of aliphatic carboxylic acids is 1. The molecule has 0 spiro atoms. The molecule has 5 nitrogen and oxygen atoms in total. The zero-order chi connectivity index (χ0) is 18.4. The Balaban J connectivity index is 2.00. The zero-order valence-electron chi connectivity index (χ0n) is 13.8. The first kappa shape index (κ1) is 16.5. The molecule has 0 heterocycles. The second-order valence-electron chi connectivity index (χ2n) is 6.33. The topological polar surface area (TPSA) is 92.6 Å². The van der Waals surface area contributed by atoms with Crippen LogP contribution in [0.2, 0.25) is 0 Å². The maximum atomic E-state index is 11.2. The Bertz CT molecular complexity index is 1140. The van der Waals surface area contributed by atoms with Gasteiger partial charge >= 0.3 is 5.97 Å². The van der Waals surface area contributed by atoms with Crippen LogP contribution in [0, 0.1) is 0 Å². The summed E-state index contributed by atoms with van der Waals surface area (Å²) >= 11 is 5.18. The highest BCUT2D eigenvalue weighted by molar-refractivity contribution is 7.80. The van der Waals surface area contributed by atoms with E-state index < -0.39 is 12.0 Å². The summed E-state index contributed by atoms with van der Waals surface area (Å²) in [5.74, 6) is -1.09. The zero-order valence-corrected chi connectivity index (χ0v) is 14.7. The summed E-state index contributed by atoms with van der Waals surface area (Å²) in [6.45, 7) is 0.00857. The number of hydrogen-bond donors (Lipinski definition) is 3. The lowest BCUT2D eigenvalue weighted by Gasteiger charge is -2.27. The van der Waals surface area contributed by atoms with Gasteiger partial charge in [-0.1, -0.05) is 48.5 Å². The molecular weight excluding hydrogens is 346 g/mol. The van der Waals surface area contributed by atoms with E-state index in [9.17, 15) is 4.79 Å². The number of carboxylic acids is 1. The molecule has 0 aliphatic rings. The first-order chi connectivity index (χ1) is 12.5. The van der Waals surface area contributed by atoms with Gasteiger partial charge in [-0.05, 0) is 45.2 Å². The van der Waals surface area contributed by atoms with Gasteiger partial charge in [-0.3, -0.25) is 4.79 Å². The number of rotatable bonds is 4. The van der Waals surface area contributed by atoms with Crippen LogP contribution in [0.3, 0.4) is 0 Å². The fraction of sp³-hybridized carbons (Fsp3) is 0.100. The molecule has 0 aromatic heterocycles. The Labute approximate surface area is 155 Å². The molecule has 26 heavy (non-hydrogen) atoms. The first-order valence-corrected chi connectivity index (χ1v) is 8.60. The third-order valence-electron chi connectivity index (χ3n) is 4.76. The molecule has 6 heteroatoms. The largest absolute Gasteiger partial charge is 0.480 e. The van der Waals surface area contributed by atoms with E-state index in [4.69, 9.17) is 28.8 Å². The summed E-state index contributed by atoms with van der Waals surface area (Å²) < 4.78 is 0. The van der Waals surface area contributed by atoms with Gasteiger partial charge in [0.15, 0.2) is 5.11 Å². The summed E-state index contributed by atoms with van der Waals surface area (Å²) in [5, 5.41) is 15.9. The molecule has 0 aliphatic heterocycles. The second-order valence-corrected chi connectivity index (χ2v) is 6.75. The van der Waals surface area contributed by atoms with Crippen molar-refractivity contribution < 1.29 is 9.90 Å². The summed E-state index contributed by atoms with van der Waals surface area (Å²) in [7, 11) is 0. The van der Waals surface area contributed by atoms with E-state index in [1.165, 1.54) is 5.39 Å². The quantitative estimate of drug-likeness (QED) is 0.381. The van der Waals surface area contributed by atoms with Gasteiger partial charge in [0.05, 0.1) is 12.2 Å². The summed E-state index contributed by atoms with van der Waals surface area (Å²) in [4.78, 5) is 12.8. The molecule has 1 atom stereocenters. The van der Waals surface area contributed by atoms with Crippen LogP contribution in [0.5, 0.6) is 0 Å². The monoisotopic (exact) mass is 363 g/mol. The Morgan fingerprint density at radius 3 is 2.19 bits per heavy atom. The van der Waals surface area contributed by atoms with Crippen molar-refractivity contribution in [2.45, 2.75) is 6.04 Å². The van der Waals surface area contributed by atoms with E-state index in [1.807, 2.05) is 24.3 Å². The van der Waals surface area contributed by atoms with Crippen LogP contribution >= 0.6 is 12.2 Å². The van der Waals surface area contributed by atoms with Gasteiger partial charge in [-0.2, -0.15) is 0 Å². The number of carboxylic acid groups (broad SMARTS) is 1. The van der Waals surface area contributed by atoms with Crippen molar-refractivity contribution in [2.24, 2.45) is 11.5 Å². The van der Waals surface area contributed by atoms with Crippen molar-refractivity contribution >= 4 is 61.3 Å². The summed E-state index contributed by atoms with van der Waals surface area (Å²) in [5.41, 5.74) is 12.4. The number of nitrogens with zero attached hydrogens (tertiary/aromatic N) is 1. The van der Waals surface area contributed by atoms with E-state index in [0.717, 1.165) is 32.6 Å². The van der Waals surface area contributed by atoms with Crippen molar-refractivity contribution in [1.29, 1.82) is 0 Å². The highest BCUT2D eigenvalue weighted by atomic mass is 32.1. The highest BCUT2D eigenvalue weighted by Crippen LogP contribution is 2.38. The third kappa shape index (κ3) is 2.51. The Hall–Kier alpha value is -2.96. The molecule has 0 amide bonds. The summed E-state index contributed by atoms with van der Waals surface area (Å²) in [6.07, 6.45) is 0. The molecular formula is C20H17N3O2S. The van der Waals surface area contributed by atoms with Crippen LogP contribution in [0.1, 0.15) is 0 Å². The molecule has 1 unspecified atom stereocenters. The van der Waals surface area contributed by atoms with Crippen molar-refractivity contribution in [2.75, 3.05) is 11.4 Å². The van der Waals surface area contributed by atoms with Crippen molar-refractivity contribution in [3.63, 3.8) is 0 Å². The first-order valence-electron chi connectivity index (χ1n) is 8.19. The number of thiocarbonyl (C=S) groups is 1. The molecule has 0 fully saturated rings. The molecule has 0 saturated carbocycles. The van der Waals surface area contributed by atoms with Gasteiger partial charge in [0.25, 0.3) is 0 Å². The Morgan fingerprint density at radius 1 is 1.00 bits per heavy atom. The van der Waals surface area contributed by atoms with Crippen molar-refractivity contribution in [3.05, 3.63) is 54.6 Å². The normalized spacial score (nSPS) is 12.7. The molecule has 0 aliphatic carbocycles. The van der Waals surface area contributed by atoms with Gasteiger partial charge in [0.2, 0.25) is 0 Å². The Kier molecular flexibility index (Phi) is 3.86. The van der Waals surface area contributed by atoms with Crippen molar-refractivity contribution in [1.82, 2.24) is 0 Å². The standard InChI is InChI=1S/C20H17N3O2S/c21-15(19(24)25)10-23(20(22)26)16-9-7-13-5-4-11-2-1-3-12-6-8-14(16)18(13)17(11)12/h1-9,15H,10,21H2,(H2,22,26)(H,24,25). The van der Waals surface area contributed by atoms with E-state index in [-0.39, 0.29) is 11.7 Å². The van der Waals surface area contributed by atoms with E-state index in [2.05, 4.69) is 30.3 Å². The number of hydrogen-bond acceptors (Lipinski definition) is 3. The van der Waals surface area contributed by atoms with Crippen LogP contribution < -0.4 is 16.4 Å². The minimum atomic E-state index is -1.09. The average molecular weight is 363 g/mol. The van der Waals surface area contributed by atoms with Gasteiger partial charge in [-0.15, -0.1) is 0 Å². The van der Waals surface area contributed by atoms with Gasteiger partial charge in [0.1, 0.15) is 6.04 Å². The third-order valence-corrected chi connectivity index (χ3v) is 4.98. The SMILES string of the molecule is NC(=S)N(CC(N)C(=O)O)c1ccc2ccc3cccc4ccc1c2c34. The van der Waals surface area contributed by atoms with Crippen LogP contribution in [-0.4, -0.2) is 28.8 Å². The highest BCUT2D eigenvalue weighted by Gasteiger charge is 2.21. The lowest BCUT2D eigenvalue weighted by Crippen LogP contribution is -2.47. The molecule has 0 radical (unpaired) electrons. The minimum absolute atomic E-state index is 0.00857. The smallest absolute Gasteiger partial charge is 0.322 e. The van der Waals surface area contributed by atoms with Gasteiger partial charge < -0.3 is 21.5 Å². The van der Waals surface area contributed by atoms with Crippen LogP contribution in [-0.2, 0) is 4.79 Å². The molecule has 0 saturated heterocycles. The van der Waals surface area contributed by atoms with Gasteiger partial charge in [0, 0.05) is 5.39 Å². The maximum Gasteiger partial charge on any atom is 0.322 e. The van der Waals surface area contributed by atoms with E-state index in [1.54, 1.807) is 4.90 Å². The van der Waals surface area contributed by atoms with Crippen LogP contribution in [0.25, 0.3) is 32.3 Å². The molecule has 5 N–H and O–H groups in total. The minimum Gasteiger partial charge on any atom is -0.480 e. The fourth-order valence-electron chi connectivity index (χ4n) is 3.54. The predicted octanol–water partition coefficient (Wildman–Crippen LogP) is 3.05. The lowest BCUT2D eigenvalue weighted by atomic mass is 9.93. The molecule has 130 valence electrons. The van der Waals surface area contributed by atoms with Gasteiger partial charge in [-0.25, -0.2) is 0 Å². The Morgan fingerprint density at radius 2 is 1.58 bits per heavy atom. The van der Waals surface area contributed by atoms with E-state index in [0.29, 0.717) is 0 Å².